The number of carboxylic acid groups (broad SMARTS) is 1. The number of hydrogen-bond acceptors (Lipinski definition) is 5. The van der Waals surface area contributed by atoms with E-state index in [4.69, 9.17) is 4.74 Å². The van der Waals surface area contributed by atoms with Crippen LogP contribution < -0.4 is 10.3 Å². The Balaban J connectivity index is 2.04. The molecule has 0 radical (unpaired) electrons. The Bertz CT molecular complexity index is 1420. The highest BCUT2D eigenvalue weighted by Crippen LogP contribution is 2.29. The smallest absolute Gasteiger partial charge is 0.335 e. The van der Waals surface area contributed by atoms with Gasteiger partial charge in [0.1, 0.15) is 5.75 Å². The normalized spacial score (nSPS) is 10.8. The Morgan fingerprint density at radius 2 is 1.66 bits per heavy atom. The fourth-order valence-electron chi connectivity index (χ4n) is 3.95. The number of carboxylic acids is 1. The summed E-state index contributed by atoms with van der Waals surface area (Å²) >= 11 is 0. The van der Waals surface area contributed by atoms with Crippen molar-refractivity contribution in [1.82, 2.24) is 14.3 Å². The molecule has 2 aromatic carbocycles. The number of hydrogen-bond donors (Lipinski definition) is 1. The highest BCUT2D eigenvalue weighted by atomic mass is 16.5. The fourth-order valence-corrected chi connectivity index (χ4v) is 3.95. The van der Waals surface area contributed by atoms with E-state index in [1.807, 2.05) is 37.3 Å². The molecule has 8 nitrogen and oxygen atoms in total. The predicted molar refractivity (Wildman–Crippen MR) is 131 cm³/mol. The molecule has 0 atom stereocenters. The average Bonchev–Trinajstić information content (AvgIpc) is 3.15. The second-order valence-electron chi connectivity index (χ2n) is 8.02. The van der Waals surface area contributed by atoms with Crippen molar-refractivity contribution < 1.29 is 19.4 Å². The van der Waals surface area contributed by atoms with Crippen molar-refractivity contribution in [3.8, 4) is 28.5 Å². The van der Waals surface area contributed by atoms with Crippen LogP contribution in [0.3, 0.4) is 0 Å². The standard InChI is InChI=1S/C27H25N3O5/c1-3-4-10-23-25(24-17-19(27(33)34)15-16-28-24)29(21-11-13-22(14-12-21)35-18(2)31)30(26(23)32)20-8-6-5-7-9-20/h5-9,11-17H,3-4,10H2,1-2H3,(H,33,34). The Labute approximate surface area is 202 Å². The van der Waals surface area contributed by atoms with Crippen LogP contribution in [0.5, 0.6) is 5.75 Å². The van der Waals surface area contributed by atoms with Crippen LogP contribution in [0.25, 0.3) is 22.8 Å². The minimum atomic E-state index is -1.08. The molecule has 1 N–H and O–H groups in total. The van der Waals surface area contributed by atoms with Gasteiger partial charge in [0.25, 0.3) is 5.56 Å². The van der Waals surface area contributed by atoms with Crippen LogP contribution >= 0.6 is 0 Å². The Morgan fingerprint density at radius 1 is 0.971 bits per heavy atom. The molecule has 0 aliphatic carbocycles. The SMILES string of the molecule is CCCCc1c(-c2cc(C(=O)O)ccn2)n(-c2ccc(OC(C)=O)cc2)n(-c2ccccc2)c1=O. The van der Waals surface area contributed by atoms with Crippen LogP contribution in [0.2, 0.25) is 0 Å². The van der Waals surface area contributed by atoms with E-state index in [0.29, 0.717) is 40.5 Å². The van der Waals surface area contributed by atoms with Crippen molar-refractivity contribution in [2.24, 2.45) is 0 Å². The molecule has 4 rings (SSSR count). The minimum Gasteiger partial charge on any atom is -0.478 e. The third-order valence-electron chi connectivity index (χ3n) is 5.52. The molecule has 0 aliphatic rings. The molecule has 0 saturated heterocycles. The number of aromatic carboxylic acids is 1. The van der Waals surface area contributed by atoms with Crippen molar-refractivity contribution in [3.63, 3.8) is 0 Å². The van der Waals surface area contributed by atoms with Crippen molar-refractivity contribution in [3.05, 3.63) is 94.4 Å². The summed E-state index contributed by atoms with van der Waals surface area (Å²) in [7, 11) is 0. The molecule has 35 heavy (non-hydrogen) atoms. The van der Waals surface area contributed by atoms with E-state index in [1.165, 1.54) is 25.3 Å². The summed E-state index contributed by atoms with van der Waals surface area (Å²) < 4.78 is 8.47. The Kier molecular flexibility index (Phi) is 6.91. The summed E-state index contributed by atoms with van der Waals surface area (Å²) in [5, 5.41) is 9.55. The molecule has 0 unspecified atom stereocenters. The van der Waals surface area contributed by atoms with E-state index in [1.54, 1.807) is 33.6 Å². The molecule has 0 amide bonds. The number of esters is 1. The number of nitrogens with zero attached hydrogens (tertiary/aromatic N) is 3. The van der Waals surface area contributed by atoms with Gasteiger partial charge in [0.2, 0.25) is 0 Å². The van der Waals surface area contributed by atoms with E-state index in [2.05, 4.69) is 4.98 Å². The van der Waals surface area contributed by atoms with Gasteiger partial charge in [-0.2, -0.15) is 0 Å². The van der Waals surface area contributed by atoms with E-state index in [-0.39, 0.29) is 11.1 Å². The van der Waals surface area contributed by atoms with Crippen molar-refractivity contribution in [2.45, 2.75) is 33.1 Å². The first-order valence-corrected chi connectivity index (χ1v) is 11.3. The van der Waals surface area contributed by atoms with Gasteiger partial charge < -0.3 is 9.84 Å². The first-order valence-electron chi connectivity index (χ1n) is 11.3. The molecule has 0 bridgehead atoms. The van der Waals surface area contributed by atoms with Crippen LogP contribution in [0.4, 0.5) is 0 Å². The summed E-state index contributed by atoms with van der Waals surface area (Å²) in [5.74, 6) is -1.14. The largest absolute Gasteiger partial charge is 0.478 e. The molecule has 178 valence electrons. The molecule has 0 aliphatic heterocycles. The lowest BCUT2D eigenvalue weighted by Crippen LogP contribution is -2.21. The van der Waals surface area contributed by atoms with Gasteiger partial charge >= 0.3 is 11.9 Å². The van der Waals surface area contributed by atoms with E-state index >= 15 is 0 Å². The molecule has 0 spiro atoms. The number of aromatic nitrogens is 3. The number of rotatable bonds is 8. The number of para-hydroxylation sites is 1. The van der Waals surface area contributed by atoms with Gasteiger partial charge in [0.15, 0.2) is 0 Å². The number of pyridine rings is 1. The van der Waals surface area contributed by atoms with Crippen molar-refractivity contribution >= 4 is 11.9 Å². The first-order chi connectivity index (χ1) is 16.9. The average molecular weight is 472 g/mol. The third kappa shape index (κ3) is 4.91. The van der Waals surface area contributed by atoms with Crippen molar-refractivity contribution in [1.29, 1.82) is 0 Å². The third-order valence-corrected chi connectivity index (χ3v) is 5.52. The van der Waals surface area contributed by atoms with E-state index in [0.717, 1.165) is 12.8 Å². The molecule has 2 heterocycles. The minimum absolute atomic E-state index is 0.0770. The van der Waals surface area contributed by atoms with Gasteiger partial charge in [-0.1, -0.05) is 31.5 Å². The topological polar surface area (TPSA) is 103 Å². The molecule has 4 aromatic rings. The van der Waals surface area contributed by atoms with Crippen LogP contribution in [0.1, 0.15) is 42.6 Å². The van der Waals surface area contributed by atoms with Crippen LogP contribution in [0, 0.1) is 0 Å². The Hall–Kier alpha value is -4.46. The van der Waals surface area contributed by atoms with Gasteiger partial charge in [0.05, 0.1) is 28.3 Å². The lowest BCUT2D eigenvalue weighted by Gasteiger charge is -2.16. The summed E-state index contributed by atoms with van der Waals surface area (Å²) in [6.45, 7) is 3.37. The second kappa shape index (κ2) is 10.2. The van der Waals surface area contributed by atoms with Gasteiger partial charge in [-0.25, -0.2) is 14.2 Å². The molecular weight excluding hydrogens is 446 g/mol. The summed E-state index contributed by atoms with van der Waals surface area (Å²) in [6.07, 6.45) is 3.61. The molecule has 0 saturated carbocycles. The number of carbonyl (C=O) groups is 2. The maximum absolute atomic E-state index is 13.8. The zero-order valence-electron chi connectivity index (χ0n) is 19.5. The van der Waals surface area contributed by atoms with E-state index in [9.17, 15) is 19.5 Å². The molecule has 0 fully saturated rings. The number of carbonyl (C=O) groups excluding carboxylic acids is 1. The quantitative estimate of drug-likeness (QED) is 0.296. The highest BCUT2D eigenvalue weighted by molar-refractivity contribution is 5.88. The lowest BCUT2D eigenvalue weighted by molar-refractivity contribution is -0.131. The van der Waals surface area contributed by atoms with Gasteiger partial charge in [-0.15, -0.1) is 0 Å². The van der Waals surface area contributed by atoms with Gasteiger partial charge in [-0.05, 0) is 61.4 Å². The van der Waals surface area contributed by atoms with Gasteiger partial charge in [0, 0.05) is 18.7 Å². The predicted octanol–water partition coefficient (Wildman–Crippen LogP) is 4.66. The fraction of sp³-hybridized carbons (Fsp3) is 0.185. The van der Waals surface area contributed by atoms with Gasteiger partial charge in [-0.3, -0.25) is 14.6 Å². The highest BCUT2D eigenvalue weighted by Gasteiger charge is 2.24. The summed E-state index contributed by atoms with van der Waals surface area (Å²) in [4.78, 5) is 41.3. The molecular formula is C27H25N3O5. The van der Waals surface area contributed by atoms with Crippen LogP contribution in [0.15, 0.2) is 77.7 Å². The second-order valence-corrected chi connectivity index (χ2v) is 8.02. The molecule has 8 heteroatoms. The monoisotopic (exact) mass is 471 g/mol. The summed E-state index contributed by atoms with van der Waals surface area (Å²) in [6, 6.07) is 18.9. The Morgan fingerprint density at radius 3 is 2.29 bits per heavy atom. The zero-order chi connectivity index (χ0) is 24.9. The number of benzene rings is 2. The summed E-state index contributed by atoms with van der Waals surface area (Å²) in [5.41, 5.74) is 2.61. The van der Waals surface area contributed by atoms with Crippen LogP contribution in [-0.4, -0.2) is 31.4 Å². The van der Waals surface area contributed by atoms with E-state index < -0.39 is 11.9 Å². The first kappa shape index (κ1) is 23.7. The number of ether oxygens (including phenoxy) is 1. The lowest BCUT2D eigenvalue weighted by atomic mass is 10.1. The van der Waals surface area contributed by atoms with Crippen LogP contribution in [-0.2, 0) is 11.2 Å². The maximum Gasteiger partial charge on any atom is 0.335 e. The van der Waals surface area contributed by atoms with Crippen molar-refractivity contribution in [2.75, 3.05) is 0 Å². The number of unbranched alkanes of at least 4 members (excludes halogenated alkanes) is 1. The zero-order valence-corrected chi connectivity index (χ0v) is 19.5. The maximum atomic E-state index is 13.8. The molecule has 2 aromatic heterocycles.